The lowest BCUT2D eigenvalue weighted by Gasteiger charge is -2.08. The zero-order valence-corrected chi connectivity index (χ0v) is 21.2. The maximum absolute atomic E-state index is 16.1. The molecule has 0 aliphatic heterocycles. The highest BCUT2D eigenvalue weighted by atomic mass is 19.1. The molecule has 41 heavy (non-hydrogen) atoms. The fraction of sp³-hybridized carbons (Fsp3) is 0. The molecule has 4 heterocycles. The average molecular weight is 544 g/mol. The van der Waals surface area contributed by atoms with Gasteiger partial charge in [-0.15, -0.1) is 0 Å². The number of hydrogen-bond donors (Lipinski definition) is 3. The summed E-state index contributed by atoms with van der Waals surface area (Å²) in [6, 6.07) is 22.1. The number of rotatable bonds is 5. The highest BCUT2D eigenvalue weighted by molar-refractivity contribution is 6.04. The summed E-state index contributed by atoms with van der Waals surface area (Å²) in [7, 11) is 0. The highest BCUT2D eigenvalue weighted by Crippen LogP contribution is 2.34. The van der Waals surface area contributed by atoms with E-state index in [-0.39, 0.29) is 28.5 Å². The van der Waals surface area contributed by atoms with E-state index in [0.29, 0.717) is 33.7 Å². The fourth-order valence-corrected chi connectivity index (χ4v) is 4.79. The van der Waals surface area contributed by atoms with E-state index in [2.05, 4.69) is 30.5 Å². The van der Waals surface area contributed by atoms with Crippen LogP contribution < -0.4 is 5.32 Å². The fourth-order valence-electron chi connectivity index (χ4n) is 4.79. The van der Waals surface area contributed by atoms with Crippen LogP contribution >= 0.6 is 0 Å². The van der Waals surface area contributed by atoms with E-state index in [0.717, 1.165) is 16.6 Å². The minimum Gasteiger partial charge on any atom is -0.337 e. The molecule has 0 unspecified atom stereocenters. The summed E-state index contributed by atoms with van der Waals surface area (Å²) < 4.78 is 29.6. The van der Waals surface area contributed by atoms with Crippen molar-refractivity contribution in [3.05, 3.63) is 115 Å². The number of H-pyrrole nitrogens is 2. The number of nitrogens with zero attached hydrogens (tertiary/aromatic N) is 4. The largest absolute Gasteiger partial charge is 0.337 e. The normalized spacial score (nSPS) is 11.3. The number of imidazole rings is 1. The van der Waals surface area contributed by atoms with Crippen LogP contribution in [0.2, 0.25) is 0 Å². The molecule has 0 saturated carbocycles. The van der Waals surface area contributed by atoms with E-state index >= 15 is 4.39 Å². The number of amides is 1. The second-order valence-electron chi connectivity index (χ2n) is 9.36. The number of benzene rings is 3. The summed E-state index contributed by atoms with van der Waals surface area (Å²) in [5.74, 6) is -0.890. The van der Waals surface area contributed by atoms with Gasteiger partial charge >= 0.3 is 0 Å². The average Bonchev–Trinajstić information content (AvgIpc) is 3.63. The molecule has 3 aromatic carbocycles. The second kappa shape index (κ2) is 9.76. The summed E-state index contributed by atoms with van der Waals surface area (Å²) >= 11 is 0. The molecule has 1 amide bonds. The molecule has 0 spiro atoms. The monoisotopic (exact) mass is 543 g/mol. The smallest absolute Gasteiger partial charge is 0.255 e. The van der Waals surface area contributed by atoms with E-state index in [1.54, 1.807) is 42.5 Å². The van der Waals surface area contributed by atoms with Crippen LogP contribution in [0.1, 0.15) is 10.4 Å². The van der Waals surface area contributed by atoms with Gasteiger partial charge < -0.3 is 10.3 Å². The Hall–Kier alpha value is -5.77. The number of carbonyl (C=O) groups is 1. The number of fused-ring (bicyclic) bond motifs is 2. The van der Waals surface area contributed by atoms with Gasteiger partial charge in [0, 0.05) is 22.9 Å². The molecule has 8 nitrogen and oxygen atoms in total. The molecule has 3 N–H and O–H groups in total. The molecule has 10 heteroatoms. The number of para-hydroxylation sites is 1. The molecule has 0 radical (unpaired) electrons. The molecule has 0 atom stereocenters. The van der Waals surface area contributed by atoms with E-state index in [1.807, 2.05) is 24.3 Å². The van der Waals surface area contributed by atoms with Crippen molar-refractivity contribution < 1.29 is 13.6 Å². The minimum absolute atomic E-state index is 0.0478. The van der Waals surface area contributed by atoms with Crippen molar-refractivity contribution >= 4 is 33.5 Å². The van der Waals surface area contributed by atoms with Gasteiger partial charge in [0.1, 0.15) is 17.2 Å². The van der Waals surface area contributed by atoms with E-state index in [9.17, 15) is 9.18 Å². The number of nitrogens with one attached hydrogen (secondary N) is 3. The molecular weight excluding hydrogens is 524 g/mol. The third-order valence-corrected chi connectivity index (χ3v) is 6.74. The summed E-state index contributed by atoms with van der Waals surface area (Å²) in [6.07, 6.45) is 4.45. The van der Waals surface area contributed by atoms with Gasteiger partial charge in [-0.1, -0.05) is 42.5 Å². The lowest BCUT2D eigenvalue weighted by molar-refractivity contribution is 0.102. The molecule has 198 valence electrons. The number of carbonyl (C=O) groups excluding carboxylic acids is 1. The van der Waals surface area contributed by atoms with Crippen LogP contribution in [0.5, 0.6) is 0 Å². The molecule has 7 rings (SSSR count). The van der Waals surface area contributed by atoms with Gasteiger partial charge in [0.15, 0.2) is 11.6 Å². The highest BCUT2D eigenvalue weighted by Gasteiger charge is 2.21. The Morgan fingerprint density at radius 2 is 1.63 bits per heavy atom. The number of halogens is 2. The number of hydrogen-bond acceptors (Lipinski definition) is 5. The van der Waals surface area contributed by atoms with Gasteiger partial charge in [-0.25, -0.2) is 13.8 Å². The SMILES string of the molecule is O=C(Nc1cncc(-c2ncc3[nH]nc(-c4nc5c(-c6ccc(F)cc6)cccc5[nH]4)c3c2F)c1)c1ccccc1. The Morgan fingerprint density at radius 1 is 0.805 bits per heavy atom. The summed E-state index contributed by atoms with van der Waals surface area (Å²) in [5.41, 5.74) is 4.95. The van der Waals surface area contributed by atoms with Crippen molar-refractivity contribution in [3.8, 4) is 33.9 Å². The second-order valence-corrected chi connectivity index (χ2v) is 9.36. The third-order valence-electron chi connectivity index (χ3n) is 6.74. The predicted molar refractivity (Wildman–Crippen MR) is 152 cm³/mol. The topological polar surface area (TPSA) is 112 Å². The quantitative estimate of drug-likeness (QED) is 0.222. The van der Waals surface area contributed by atoms with Crippen LogP contribution in [0.25, 0.3) is 55.8 Å². The van der Waals surface area contributed by atoms with Crippen LogP contribution in [0, 0.1) is 11.6 Å². The molecule has 0 fully saturated rings. The van der Waals surface area contributed by atoms with E-state index in [1.165, 1.54) is 30.7 Å². The minimum atomic E-state index is -0.612. The first-order chi connectivity index (χ1) is 20.0. The third kappa shape index (κ3) is 4.37. The Balaban J connectivity index is 1.28. The van der Waals surface area contributed by atoms with Crippen LogP contribution in [-0.2, 0) is 0 Å². The van der Waals surface area contributed by atoms with Gasteiger partial charge in [0.2, 0.25) is 0 Å². The molecule has 0 bridgehead atoms. The number of pyridine rings is 2. The lowest BCUT2D eigenvalue weighted by Crippen LogP contribution is -2.11. The van der Waals surface area contributed by atoms with Crippen molar-refractivity contribution in [1.82, 2.24) is 30.1 Å². The van der Waals surface area contributed by atoms with Gasteiger partial charge in [-0.05, 0) is 42.0 Å². The number of aromatic nitrogens is 6. The van der Waals surface area contributed by atoms with Crippen LogP contribution in [0.3, 0.4) is 0 Å². The molecule has 4 aromatic heterocycles. The Bertz CT molecular complexity index is 2070. The Kier molecular flexibility index (Phi) is 5.78. The first-order valence-electron chi connectivity index (χ1n) is 12.6. The van der Waals surface area contributed by atoms with Crippen molar-refractivity contribution in [1.29, 1.82) is 0 Å². The van der Waals surface area contributed by atoms with Crippen molar-refractivity contribution in [2.75, 3.05) is 5.32 Å². The summed E-state index contributed by atoms with van der Waals surface area (Å²) in [4.78, 5) is 29.1. The molecule has 0 aliphatic carbocycles. The van der Waals surface area contributed by atoms with E-state index in [4.69, 9.17) is 4.98 Å². The predicted octanol–water partition coefficient (Wildman–Crippen LogP) is 6.76. The lowest BCUT2D eigenvalue weighted by atomic mass is 10.0. The molecule has 0 aliphatic rings. The maximum atomic E-state index is 16.1. The van der Waals surface area contributed by atoms with E-state index < -0.39 is 5.82 Å². The van der Waals surface area contributed by atoms with Gasteiger partial charge in [0.25, 0.3) is 5.91 Å². The van der Waals surface area contributed by atoms with Crippen molar-refractivity contribution in [3.63, 3.8) is 0 Å². The Labute approximate surface area is 231 Å². The Morgan fingerprint density at radius 3 is 2.46 bits per heavy atom. The standard InChI is InChI=1S/C31H19F2N7O/c32-20-11-9-17(10-12-20)22-7-4-8-23-28(22)38-30(37-23)29-25-24(39-40-29)16-35-27(26(25)33)19-13-21(15-34-14-19)36-31(41)18-5-2-1-3-6-18/h1-16H,(H,36,41)(H,37,38)(H,39,40). The van der Waals surface area contributed by atoms with Crippen molar-refractivity contribution in [2.24, 2.45) is 0 Å². The van der Waals surface area contributed by atoms with Crippen LogP contribution in [-0.4, -0.2) is 36.0 Å². The molecule has 7 aromatic rings. The summed E-state index contributed by atoms with van der Waals surface area (Å²) in [6.45, 7) is 0. The molecular formula is C31H19F2N7O. The number of anilines is 1. The maximum Gasteiger partial charge on any atom is 0.255 e. The van der Waals surface area contributed by atoms with Crippen LogP contribution in [0.15, 0.2) is 97.5 Å². The zero-order valence-electron chi connectivity index (χ0n) is 21.2. The van der Waals surface area contributed by atoms with Crippen LogP contribution in [0.4, 0.5) is 14.5 Å². The molecule has 0 saturated heterocycles. The first kappa shape index (κ1) is 24.3. The van der Waals surface area contributed by atoms with Crippen molar-refractivity contribution in [2.45, 2.75) is 0 Å². The zero-order chi connectivity index (χ0) is 27.9. The first-order valence-corrected chi connectivity index (χ1v) is 12.6. The number of aromatic amines is 2. The van der Waals surface area contributed by atoms with Gasteiger partial charge in [0.05, 0.1) is 40.0 Å². The van der Waals surface area contributed by atoms with Gasteiger partial charge in [-0.3, -0.25) is 19.9 Å². The van der Waals surface area contributed by atoms with Gasteiger partial charge in [-0.2, -0.15) is 5.10 Å². The summed E-state index contributed by atoms with van der Waals surface area (Å²) in [5, 5.41) is 10.2.